The summed E-state index contributed by atoms with van der Waals surface area (Å²) in [4.78, 5) is 11.7. The molecule has 0 aliphatic rings. The highest BCUT2D eigenvalue weighted by atomic mass is 35.5. The Morgan fingerprint density at radius 2 is 1.86 bits per heavy atom. The zero-order chi connectivity index (χ0) is 15.6. The van der Waals surface area contributed by atoms with Crippen molar-refractivity contribution in [3.63, 3.8) is 0 Å². The van der Waals surface area contributed by atoms with Gasteiger partial charge in [0.2, 0.25) is 0 Å². The van der Waals surface area contributed by atoms with Crippen LogP contribution in [-0.2, 0) is 10.1 Å². The van der Waals surface area contributed by atoms with Crippen LogP contribution in [0.25, 0.3) is 0 Å². The average molecular weight is 327 g/mol. The van der Waals surface area contributed by atoms with Crippen molar-refractivity contribution < 1.29 is 17.8 Å². The van der Waals surface area contributed by atoms with Crippen molar-refractivity contribution in [1.82, 2.24) is 0 Å². The summed E-state index contributed by atoms with van der Waals surface area (Å²) in [6, 6.07) is 9.78. The molecule has 0 heterocycles. The molecule has 0 radical (unpaired) electrons. The molecule has 4 N–H and O–H groups in total. The van der Waals surface area contributed by atoms with Crippen molar-refractivity contribution in [2.75, 3.05) is 11.1 Å². The fraction of sp³-hybridized carbons (Fsp3) is 0. The smallest absolute Gasteiger partial charge is 0.295 e. The van der Waals surface area contributed by atoms with Crippen molar-refractivity contribution in [3.8, 4) is 0 Å². The first-order chi connectivity index (χ1) is 9.79. The first-order valence-corrected chi connectivity index (χ1v) is 7.54. The normalized spacial score (nSPS) is 11.1. The van der Waals surface area contributed by atoms with Crippen LogP contribution in [0.2, 0.25) is 5.02 Å². The molecule has 2 rings (SSSR count). The molecule has 6 nitrogen and oxygen atoms in total. The van der Waals surface area contributed by atoms with Gasteiger partial charge < -0.3 is 11.1 Å². The molecule has 21 heavy (non-hydrogen) atoms. The maximum absolute atomic E-state index is 12.2. The third-order valence-corrected chi connectivity index (χ3v) is 3.89. The Morgan fingerprint density at radius 3 is 2.52 bits per heavy atom. The number of benzene rings is 2. The molecule has 8 heteroatoms. The van der Waals surface area contributed by atoms with Gasteiger partial charge in [0, 0.05) is 5.69 Å². The fourth-order valence-electron chi connectivity index (χ4n) is 1.71. The SMILES string of the molecule is Nc1ccc(Cl)c(NC(=O)c2ccccc2S(=O)(=O)O)c1. The molecule has 0 bridgehead atoms. The highest BCUT2D eigenvalue weighted by Gasteiger charge is 2.20. The molecule has 0 saturated heterocycles. The Labute approximate surface area is 126 Å². The van der Waals surface area contributed by atoms with E-state index < -0.39 is 20.9 Å². The molecule has 0 saturated carbocycles. The van der Waals surface area contributed by atoms with E-state index in [0.717, 1.165) is 6.07 Å². The van der Waals surface area contributed by atoms with Gasteiger partial charge in [-0.1, -0.05) is 23.7 Å². The highest BCUT2D eigenvalue weighted by molar-refractivity contribution is 7.86. The molecular weight excluding hydrogens is 316 g/mol. The zero-order valence-corrected chi connectivity index (χ0v) is 12.1. The van der Waals surface area contributed by atoms with Crippen LogP contribution in [0.15, 0.2) is 47.4 Å². The van der Waals surface area contributed by atoms with Crippen molar-refractivity contribution >= 4 is 39.0 Å². The van der Waals surface area contributed by atoms with Crippen molar-refractivity contribution in [1.29, 1.82) is 0 Å². The van der Waals surface area contributed by atoms with Crippen LogP contribution < -0.4 is 11.1 Å². The predicted molar refractivity (Wildman–Crippen MR) is 80.1 cm³/mol. The summed E-state index contributed by atoms with van der Waals surface area (Å²) in [7, 11) is -4.51. The Morgan fingerprint density at radius 1 is 1.19 bits per heavy atom. The van der Waals surface area contributed by atoms with Gasteiger partial charge in [-0.25, -0.2) is 0 Å². The molecule has 1 amide bonds. The van der Waals surface area contributed by atoms with Crippen LogP contribution in [0.4, 0.5) is 11.4 Å². The summed E-state index contributed by atoms with van der Waals surface area (Å²) in [5.74, 6) is -0.726. The lowest BCUT2D eigenvalue weighted by Gasteiger charge is -2.10. The summed E-state index contributed by atoms with van der Waals surface area (Å²) in [5.41, 5.74) is 6.03. The topological polar surface area (TPSA) is 109 Å². The third-order valence-electron chi connectivity index (χ3n) is 2.65. The summed E-state index contributed by atoms with van der Waals surface area (Å²) >= 11 is 5.92. The van der Waals surface area contributed by atoms with Gasteiger partial charge in [0.05, 0.1) is 16.3 Å². The lowest BCUT2D eigenvalue weighted by atomic mass is 10.2. The van der Waals surface area contributed by atoms with Gasteiger partial charge in [-0.2, -0.15) is 8.42 Å². The van der Waals surface area contributed by atoms with E-state index in [0.29, 0.717) is 5.69 Å². The molecule has 0 aliphatic heterocycles. The quantitative estimate of drug-likeness (QED) is 0.592. The van der Waals surface area contributed by atoms with Gasteiger partial charge in [0.1, 0.15) is 4.90 Å². The van der Waals surface area contributed by atoms with E-state index in [4.69, 9.17) is 21.9 Å². The van der Waals surface area contributed by atoms with Crippen LogP contribution >= 0.6 is 11.6 Å². The number of rotatable bonds is 3. The highest BCUT2D eigenvalue weighted by Crippen LogP contribution is 2.25. The van der Waals surface area contributed by atoms with E-state index in [1.54, 1.807) is 6.07 Å². The molecule has 0 aromatic heterocycles. The van der Waals surface area contributed by atoms with Gasteiger partial charge >= 0.3 is 0 Å². The second-order valence-electron chi connectivity index (χ2n) is 4.16. The monoisotopic (exact) mass is 326 g/mol. The van der Waals surface area contributed by atoms with E-state index in [1.807, 2.05) is 0 Å². The van der Waals surface area contributed by atoms with Crippen LogP contribution in [0.5, 0.6) is 0 Å². The minimum absolute atomic E-state index is 0.196. The molecule has 0 atom stereocenters. The third kappa shape index (κ3) is 3.52. The van der Waals surface area contributed by atoms with Crippen LogP contribution in [0, 0.1) is 0 Å². The Bertz CT molecular complexity index is 806. The van der Waals surface area contributed by atoms with Gasteiger partial charge in [0.25, 0.3) is 16.0 Å². The number of halogens is 1. The van der Waals surface area contributed by atoms with E-state index in [1.165, 1.54) is 30.3 Å². The van der Waals surface area contributed by atoms with Gasteiger partial charge in [0.15, 0.2) is 0 Å². The summed E-state index contributed by atoms with van der Waals surface area (Å²) in [6.45, 7) is 0. The van der Waals surface area contributed by atoms with Gasteiger partial charge in [-0.15, -0.1) is 0 Å². The van der Waals surface area contributed by atoms with Crippen molar-refractivity contribution in [2.24, 2.45) is 0 Å². The predicted octanol–water partition coefficient (Wildman–Crippen LogP) is 2.42. The van der Waals surface area contributed by atoms with Crippen molar-refractivity contribution in [3.05, 3.63) is 53.1 Å². The lowest BCUT2D eigenvalue weighted by molar-refractivity contribution is 0.102. The molecule has 110 valence electrons. The average Bonchev–Trinajstić information content (AvgIpc) is 2.42. The van der Waals surface area contributed by atoms with Gasteiger partial charge in [-0.3, -0.25) is 9.35 Å². The first kappa shape index (κ1) is 15.3. The summed E-state index contributed by atoms with van der Waals surface area (Å²) < 4.78 is 31.7. The molecular formula is C13H11ClN2O4S. The first-order valence-electron chi connectivity index (χ1n) is 5.72. The number of carbonyl (C=O) groups excluding carboxylic acids is 1. The number of hydrogen-bond donors (Lipinski definition) is 3. The second kappa shape index (κ2) is 5.72. The standard InChI is InChI=1S/C13H11ClN2O4S/c14-10-6-5-8(15)7-11(10)16-13(17)9-3-1-2-4-12(9)21(18,19)20/h1-7H,15H2,(H,16,17)(H,18,19,20). The number of carbonyl (C=O) groups is 1. The van der Waals surface area contributed by atoms with Gasteiger partial charge in [-0.05, 0) is 30.3 Å². The molecule has 2 aromatic carbocycles. The number of anilines is 2. The molecule has 0 fully saturated rings. The maximum Gasteiger partial charge on any atom is 0.295 e. The number of amides is 1. The molecule has 0 aliphatic carbocycles. The second-order valence-corrected chi connectivity index (χ2v) is 5.96. The maximum atomic E-state index is 12.2. The number of hydrogen-bond acceptors (Lipinski definition) is 4. The Hall–Kier alpha value is -2.09. The van der Waals surface area contributed by atoms with E-state index >= 15 is 0 Å². The fourth-order valence-corrected chi connectivity index (χ4v) is 2.56. The minimum atomic E-state index is -4.51. The number of nitrogens with two attached hydrogens (primary N) is 1. The Balaban J connectivity index is 2.40. The van der Waals surface area contributed by atoms with Crippen LogP contribution in [0.1, 0.15) is 10.4 Å². The Kier molecular flexibility index (Phi) is 4.17. The van der Waals surface area contributed by atoms with E-state index in [9.17, 15) is 13.2 Å². The minimum Gasteiger partial charge on any atom is -0.399 e. The van der Waals surface area contributed by atoms with E-state index in [2.05, 4.69) is 5.32 Å². The molecule has 0 spiro atoms. The lowest BCUT2D eigenvalue weighted by Crippen LogP contribution is -2.16. The molecule has 2 aromatic rings. The summed E-state index contributed by atoms with van der Waals surface area (Å²) in [5, 5.41) is 2.71. The number of nitrogens with one attached hydrogen (secondary N) is 1. The van der Waals surface area contributed by atoms with Crippen LogP contribution in [-0.4, -0.2) is 18.9 Å². The van der Waals surface area contributed by atoms with Crippen molar-refractivity contribution in [2.45, 2.75) is 4.90 Å². The number of nitrogen functional groups attached to an aromatic ring is 1. The van der Waals surface area contributed by atoms with Crippen LogP contribution in [0.3, 0.4) is 0 Å². The largest absolute Gasteiger partial charge is 0.399 e. The van der Waals surface area contributed by atoms with E-state index in [-0.39, 0.29) is 16.3 Å². The molecule has 0 unspecified atom stereocenters. The summed E-state index contributed by atoms with van der Waals surface area (Å²) in [6.07, 6.45) is 0. The zero-order valence-electron chi connectivity index (χ0n) is 10.6.